The van der Waals surface area contributed by atoms with Crippen molar-refractivity contribution in [3.05, 3.63) is 70.0 Å². The number of ketones is 1. The van der Waals surface area contributed by atoms with Crippen LogP contribution in [-0.2, 0) is 37.7 Å². The molecule has 1 aliphatic heterocycles. The number of carbonyl (C=O) groups excluding carboxylic acids is 3. The average molecular weight is 724 g/mol. The third kappa shape index (κ3) is 9.59. The van der Waals surface area contributed by atoms with E-state index in [2.05, 4.69) is 9.46 Å². The van der Waals surface area contributed by atoms with Crippen LogP contribution < -0.4 is 4.72 Å². The van der Waals surface area contributed by atoms with Crippen LogP contribution in [0.2, 0.25) is 0 Å². The van der Waals surface area contributed by atoms with Crippen molar-refractivity contribution >= 4 is 28.8 Å². The van der Waals surface area contributed by atoms with Crippen molar-refractivity contribution in [2.24, 2.45) is 0 Å². The Hall–Kier alpha value is -3.53. The Morgan fingerprint density at radius 1 is 1.04 bits per heavy atom. The van der Waals surface area contributed by atoms with Gasteiger partial charge in [-0.3, -0.25) is 4.79 Å². The number of esters is 1. The Balaban J connectivity index is 2.09. The van der Waals surface area contributed by atoms with Crippen LogP contribution >= 0.6 is 0 Å². The summed E-state index contributed by atoms with van der Waals surface area (Å²) < 4.78 is 116. The second kappa shape index (κ2) is 14.8. The Kier molecular flexibility index (Phi) is 12.0. The Morgan fingerprint density at radius 2 is 1.61 bits per heavy atom. The second-order valence-corrected chi connectivity index (χ2v) is 15.2. The molecular formula is C33H40F7N3O5S. The molecule has 2 aromatic rings. The van der Waals surface area contributed by atoms with Crippen molar-refractivity contribution in [3.63, 3.8) is 0 Å². The molecule has 2 amide bonds. The van der Waals surface area contributed by atoms with Gasteiger partial charge >= 0.3 is 24.4 Å². The van der Waals surface area contributed by atoms with Gasteiger partial charge in [0.05, 0.1) is 46.1 Å². The molecule has 3 rings (SSSR count). The molecule has 0 aliphatic carbocycles. The number of aryl methyl sites for hydroxylation is 1. The highest BCUT2D eigenvalue weighted by atomic mass is 32.2. The van der Waals surface area contributed by atoms with Gasteiger partial charge in [0.1, 0.15) is 5.82 Å². The van der Waals surface area contributed by atoms with Crippen LogP contribution in [0.15, 0.2) is 36.4 Å². The summed E-state index contributed by atoms with van der Waals surface area (Å²) >= 11 is 0. The summed E-state index contributed by atoms with van der Waals surface area (Å²) in [6.07, 6.45) is -10.4. The number of benzene rings is 2. The summed E-state index contributed by atoms with van der Waals surface area (Å²) in [7, 11) is 0.606. The number of Topliss-reactive ketones (excluding diaryl/α,β-unsaturated/α-hetero) is 1. The van der Waals surface area contributed by atoms with E-state index in [4.69, 9.17) is 0 Å². The molecule has 0 spiro atoms. The van der Waals surface area contributed by atoms with Crippen molar-refractivity contribution in [2.75, 3.05) is 20.7 Å². The average Bonchev–Trinajstić information content (AvgIpc) is 3.00. The van der Waals surface area contributed by atoms with Gasteiger partial charge in [0.2, 0.25) is 5.78 Å². The van der Waals surface area contributed by atoms with Gasteiger partial charge in [-0.25, -0.2) is 22.9 Å². The first-order valence-corrected chi connectivity index (χ1v) is 16.4. The molecule has 1 N–H and O–H groups in total. The maximum absolute atomic E-state index is 14.2. The lowest BCUT2D eigenvalue weighted by Crippen LogP contribution is -2.59. The number of piperidine rings is 1. The number of rotatable bonds is 9. The number of alkyl halides is 6. The molecule has 0 saturated carbocycles. The van der Waals surface area contributed by atoms with Gasteiger partial charge in [0, 0.05) is 25.6 Å². The van der Waals surface area contributed by atoms with E-state index in [1.165, 1.54) is 37.1 Å². The fraction of sp³-hybridized carbons (Fsp3) is 0.545. The number of urea groups is 1. The van der Waals surface area contributed by atoms with Crippen LogP contribution in [0.1, 0.15) is 93.3 Å². The summed E-state index contributed by atoms with van der Waals surface area (Å²) in [5.74, 6) is -2.46. The molecule has 0 radical (unpaired) electrons. The van der Waals surface area contributed by atoms with E-state index >= 15 is 0 Å². The van der Waals surface area contributed by atoms with Gasteiger partial charge in [-0.05, 0) is 101 Å². The Bertz CT molecular complexity index is 1560. The predicted molar refractivity (Wildman–Crippen MR) is 168 cm³/mol. The van der Waals surface area contributed by atoms with Gasteiger partial charge in [-0.1, -0.05) is 6.07 Å². The van der Waals surface area contributed by atoms with E-state index in [1.807, 2.05) is 0 Å². The maximum Gasteiger partial charge on any atom is 0.416 e. The van der Waals surface area contributed by atoms with Gasteiger partial charge in [0.25, 0.3) is 0 Å². The summed E-state index contributed by atoms with van der Waals surface area (Å²) in [5.41, 5.74) is -3.65. The lowest BCUT2D eigenvalue weighted by Gasteiger charge is -2.49. The number of nitrogens with one attached hydrogen (secondary N) is 1. The number of methoxy groups -OCH3 is 1. The van der Waals surface area contributed by atoms with Crippen LogP contribution in [0.4, 0.5) is 35.5 Å². The number of hydrogen-bond donors (Lipinski definition) is 1. The molecule has 0 bridgehead atoms. The van der Waals surface area contributed by atoms with Crippen molar-refractivity contribution < 1.29 is 54.1 Å². The number of halogens is 7. The monoisotopic (exact) mass is 723 g/mol. The van der Waals surface area contributed by atoms with E-state index in [-0.39, 0.29) is 38.3 Å². The molecule has 2 aromatic carbocycles. The molecule has 16 heteroatoms. The number of amides is 2. The van der Waals surface area contributed by atoms with Gasteiger partial charge in [-0.15, -0.1) is 0 Å². The smallest absolute Gasteiger partial charge is 0.416 e. The maximum atomic E-state index is 14.2. The summed E-state index contributed by atoms with van der Waals surface area (Å²) in [6.45, 7) is 7.99. The van der Waals surface area contributed by atoms with E-state index in [9.17, 15) is 49.3 Å². The number of hydrogen-bond acceptors (Lipinski definition) is 5. The van der Waals surface area contributed by atoms with Crippen LogP contribution in [0.3, 0.4) is 0 Å². The van der Waals surface area contributed by atoms with Gasteiger partial charge in [-0.2, -0.15) is 26.3 Å². The van der Waals surface area contributed by atoms with Crippen molar-refractivity contribution in [2.45, 2.75) is 95.0 Å². The van der Waals surface area contributed by atoms with Crippen molar-refractivity contribution in [3.8, 4) is 0 Å². The lowest BCUT2D eigenvalue weighted by molar-refractivity contribution is -0.151. The summed E-state index contributed by atoms with van der Waals surface area (Å²) in [4.78, 5) is 41.0. The van der Waals surface area contributed by atoms with Gasteiger partial charge < -0.3 is 14.5 Å². The van der Waals surface area contributed by atoms with Crippen LogP contribution in [-0.4, -0.2) is 62.8 Å². The number of ether oxygens (including phenoxy) is 1. The van der Waals surface area contributed by atoms with Crippen LogP contribution in [0, 0.1) is 12.7 Å². The third-order valence-electron chi connectivity index (χ3n) is 8.71. The minimum Gasteiger partial charge on any atom is -0.463 e. The molecule has 272 valence electrons. The van der Waals surface area contributed by atoms with E-state index in [0.29, 0.717) is 23.3 Å². The Morgan fingerprint density at radius 3 is 2.10 bits per heavy atom. The predicted octanol–water partition coefficient (Wildman–Crippen LogP) is 7.43. The second-order valence-electron chi connectivity index (χ2n) is 13.3. The SMILES string of the molecule is COC(=O)C(=O)CC[C@]1(N[S@@](=O)C(C)(C)C)CCN(C(=O)N(C)[C@H](C)c2cc(C(F)(F)F)cc(C(F)(F)F)c2)[C@@H](c2ccc(F)cc2C)C1. The first kappa shape index (κ1) is 39.9. The molecule has 0 unspecified atom stereocenters. The molecule has 49 heavy (non-hydrogen) atoms. The number of carbonyl (C=O) groups is 3. The summed E-state index contributed by atoms with van der Waals surface area (Å²) in [6, 6.07) is 2.12. The largest absolute Gasteiger partial charge is 0.463 e. The van der Waals surface area contributed by atoms with Crippen LogP contribution in [0.25, 0.3) is 0 Å². The Labute approximate surface area is 282 Å². The van der Waals surface area contributed by atoms with Gasteiger partial charge in [0.15, 0.2) is 0 Å². The lowest BCUT2D eigenvalue weighted by atomic mass is 9.77. The van der Waals surface area contributed by atoms with Crippen molar-refractivity contribution in [1.82, 2.24) is 14.5 Å². The molecule has 1 aliphatic rings. The first-order chi connectivity index (χ1) is 22.4. The molecule has 1 saturated heterocycles. The molecule has 4 atom stereocenters. The fourth-order valence-corrected chi connectivity index (χ4v) is 6.68. The molecule has 0 aromatic heterocycles. The normalized spacial score (nSPS) is 20.0. The van der Waals surface area contributed by atoms with Crippen LogP contribution in [0.5, 0.6) is 0 Å². The quantitative estimate of drug-likeness (QED) is 0.165. The molecule has 8 nitrogen and oxygen atoms in total. The topological polar surface area (TPSA) is 96.0 Å². The molecular weight excluding hydrogens is 683 g/mol. The number of likely N-dealkylation sites (tertiary alicyclic amines) is 1. The highest BCUT2D eigenvalue weighted by Crippen LogP contribution is 2.43. The molecule has 1 fully saturated rings. The summed E-state index contributed by atoms with van der Waals surface area (Å²) in [5, 5.41) is 0. The van der Waals surface area contributed by atoms with Crippen molar-refractivity contribution in [1.29, 1.82) is 0 Å². The standard InChI is InChI=1S/C33H40F7N3O5S/c1-19-14-24(34)8-9-25(19)26-18-31(41-49(47)30(3,4)5,11-10-27(44)28(45)48-7)12-13-43(26)29(46)42(6)20(2)21-15-22(32(35,36)37)17-23(16-21)33(38,39)40/h8-9,14-17,20,26,41H,10-13,18H2,1-7H3/t20-,26-,31+,49+/m1/s1. The zero-order chi connectivity index (χ0) is 37.3. The third-order valence-corrected chi connectivity index (χ3v) is 10.4. The molecule has 1 heterocycles. The fourth-order valence-electron chi connectivity index (χ4n) is 5.69. The highest BCUT2D eigenvalue weighted by molar-refractivity contribution is 7.84. The zero-order valence-electron chi connectivity index (χ0n) is 28.1. The zero-order valence-corrected chi connectivity index (χ0v) is 29.0. The minimum absolute atomic E-state index is 0.00176. The van der Waals surface area contributed by atoms with E-state index < -0.39 is 86.0 Å². The minimum atomic E-state index is -5.09. The number of nitrogens with zero attached hydrogens (tertiary/aromatic N) is 2. The van der Waals surface area contributed by atoms with E-state index in [1.54, 1.807) is 27.7 Å². The van der Waals surface area contributed by atoms with E-state index in [0.717, 1.165) is 12.0 Å². The first-order valence-electron chi connectivity index (χ1n) is 15.3. The highest BCUT2D eigenvalue weighted by Gasteiger charge is 2.46.